The zero-order valence-corrected chi connectivity index (χ0v) is 25.3. The lowest BCUT2D eigenvalue weighted by Crippen LogP contribution is -2.08. The first-order chi connectivity index (χ1) is 23.6. The summed E-state index contributed by atoms with van der Waals surface area (Å²) in [7, 11) is 0. The largest absolute Gasteiger partial charge is 0.423 e. The summed E-state index contributed by atoms with van der Waals surface area (Å²) < 4.78 is 11.0. The van der Waals surface area contributed by atoms with E-state index in [0.717, 1.165) is 22.5 Å². The number of rotatable bonds is 10. The average Bonchev–Trinajstić information content (AvgIpc) is 3.14. The Balaban J connectivity index is 0.982. The maximum atomic E-state index is 12.6. The van der Waals surface area contributed by atoms with Gasteiger partial charge in [0.2, 0.25) is 0 Å². The van der Waals surface area contributed by atoms with Crippen molar-refractivity contribution in [1.29, 1.82) is 0 Å². The van der Waals surface area contributed by atoms with Crippen LogP contribution in [0, 0.1) is 0 Å². The number of carbonyl (C=O) groups is 2. The van der Waals surface area contributed by atoms with E-state index in [-0.39, 0.29) is 0 Å². The number of hydrogen-bond donors (Lipinski definition) is 0. The highest BCUT2D eigenvalue weighted by atomic mass is 16.5. The molecule has 2 heterocycles. The number of benzene rings is 4. The van der Waals surface area contributed by atoms with Gasteiger partial charge in [0.25, 0.3) is 0 Å². The first-order valence-electron chi connectivity index (χ1n) is 14.7. The second kappa shape index (κ2) is 15.4. The summed E-state index contributed by atoms with van der Waals surface area (Å²) in [6.07, 6.45) is 10.1. The fourth-order valence-corrected chi connectivity index (χ4v) is 4.18. The average molecular weight is 631 g/mol. The van der Waals surface area contributed by atoms with E-state index in [0.29, 0.717) is 34.0 Å². The van der Waals surface area contributed by atoms with Crippen LogP contribution in [-0.2, 0) is 0 Å². The molecular weight excluding hydrogens is 604 g/mol. The Morgan fingerprint density at radius 2 is 0.875 bits per heavy atom. The maximum Gasteiger partial charge on any atom is 0.343 e. The lowest BCUT2D eigenvalue weighted by Gasteiger charge is -2.05. The quantitative estimate of drug-likeness (QED) is 0.0644. The van der Waals surface area contributed by atoms with Gasteiger partial charge in [-0.15, -0.1) is 0 Å². The predicted molar refractivity (Wildman–Crippen MR) is 183 cm³/mol. The molecule has 0 atom stereocenters. The fourth-order valence-electron chi connectivity index (χ4n) is 4.18. The molecule has 0 saturated carbocycles. The van der Waals surface area contributed by atoms with E-state index in [2.05, 4.69) is 30.2 Å². The molecule has 0 amide bonds. The van der Waals surface area contributed by atoms with E-state index in [9.17, 15) is 9.59 Å². The molecular formula is C38H26N6O4. The molecule has 0 aliphatic carbocycles. The summed E-state index contributed by atoms with van der Waals surface area (Å²) in [4.78, 5) is 42.1. The molecule has 0 aliphatic rings. The highest BCUT2D eigenvalue weighted by Crippen LogP contribution is 2.22. The second-order valence-electron chi connectivity index (χ2n) is 10.1. The van der Waals surface area contributed by atoms with Crippen molar-refractivity contribution in [2.75, 3.05) is 0 Å². The molecule has 48 heavy (non-hydrogen) atoms. The number of azo groups is 1. The van der Waals surface area contributed by atoms with Crippen LogP contribution in [-0.4, -0.2) is 34.3 Å². The Morgan fingerprint density at radius 1 is 0.479 bits per heavy atom. The minimum Gasteiger partial charge on any atom is -0.423 e. The number of esters is 2. The summed E-state index contributed by atoms with van der Waals surface area (Å²) in [5, 5.41) is 8.44. The lowest BCUT2D eigenvalue weighted by molar-refractivity contribution is 0.0725. The van der Waals surface area contributed by atoms with Gasteiger partial charge in [-0.3, -0.25) is 20.0 Å². The van der Waals surface area contributed by atoms with Crippen LogP contribution in [0.3, 0.4) is 0 Å². The van der Waals surface area contributed by atoms with Crippen LogP contribution in [0.15, 0.2) is 166 Å². The van der Waals surface area contributed by atoms with Gasteiger partial charge in [-0.05, 0) is 132 Å². The summed E-state index contributed by atoms with van der Waals surface area (Å²) >= 11 is 0. The molecule has 0 bridgehead atoms. The number of ether oxygens (including phenoxy) is 2. The first kappa shape index (κ1) is 31.1. The minimum absolute atomic E-state index is 0.367. The second-order valence-corrected chi connectivity index (χ2v) is 10.1. The molecule has 10 heteroatoms. The van der Waals surface area contributed by atoms with E-state index < -0.39 is 11.9 Å². The topological polar surface area (TPSA) is 128 Å². The van der Waals surface area contributed by atoms with Crippen LogP contribution in [0.25, 0.3) is 0 Å². The highest BCUT2D eigenvalue weighted by Gasteiger charge is 2.10. The van der Waals surface area contributed by atoms with Crippen LogP contribution >= 0.6 is 0 Å². The molecule has 0 fully saturated rings. The van der Waals surface area contributed by atoms with Gasteiger partial charge in [-0.2, -0.15) is 10.2 Å². The van der Waals surface area contributed by atoms with Crippen LogP contribution in [0.2, 0.25) is 0 Å². The van der Waals surface area contributed by atoms with E-state index in [4.69, 9.17) is 9.47 Å². The lowest BCUT2D eigenvalue weighted by atomic mass is 10.2. The summed E-state index contributed by atoms with van der Waals surface area (Å²) in [5.74, 6) is -0.169. The van der Waals surface area contributed by atoms with Gasteiger partial charge in [-0.1, -0.05) is 0 Å². The van der Waals surface area contributed by atoms with Crippen molar-refractivity contribution in [2.24, 2.45) is 20.2 Å². The number of pyridine rings is 2. The monoisotopic (exact) mass is 630 g/mol. The van der Waals surface area contributed by atoms with E-state index in [1.807, 2.05) is 48.5 Å². The van der Waals surface area contributed by atoms with Crippen molar-refractivity contribution in [1.82, 2.24) is 9.97 Å². The Kier molecular flexibility index (Phi) is 9.95. The van der Waals surface area contributed by atoms with Crippen molar-refractivity contribution in [3.8, 4) is 11.5 Å². The SMILES string of the molecule is O=C(Oc1ccc(C=Nc2cccnc2)cc1)c1ccc(N=Nc2ccc(C(=O)Oc3ccc(C=Nc4cccnc4)cc3)cc2)cc1. The van der Waals surface area contributed by atoms with Gasteiger partial charge in [0.15, 0.2) is 0 Å². The van der Waals surface area contributed by atoms with Gasteiger partial charge in [0, 0.05) is 24.8 Å². The van der Waals surface area contributed by atoms with Crippen molar-refractivity contribution in [2.45, 2.75) is 0 Å². The van der Waals surface area contributed by atoms with Crippen molar-refractivity contribution in [3.63, 3.8) is 0 Å². The third-order valence-electron chi connectivity index (χ3n) is 6.69. The smallest absolute Gasteiger partial charge is 0.343 e. The van der Waals surface area contributed by atoms with Crippen molar-refractivity contribution in [3.05, 3.63) is 168 Å². The summed E-state index contributed by atoms with van der Waals surface area (Å²) in [6.45, 7) is 0. The molecule has 0 saturated heterocycles. The zero-order valence-electron chi connectivity index (χ0n) is 25.3. The molecule has 2 aromatic heterocycles. The number of aromatic nitrogens is 2. The number of hydrogen-bond acceptors (Lipinski definition) is 10. The van der Waals surface area contributed by atoms with Gasteiger partial charge >= 0.3 is 11.9 Å². The summed E-state index contributed by atoms with van der Waals surface area (Å²) in [6, 6.07) is 34.5. The van der Waals surface area contributed by atoms with E-state index in [1.54, 1.807) is 110 Å². The first-order valence-corrected chi connectivity index (χ1v) is 14.7. The number of carbonyl (C=O) groups excluding carboxylic acids is 2. The maximum absolute atomic E-state index is 12.6. The molecule has 4 aromatic carbocycles. The highest BCUT2D eigenvalue weighted by molar-refractivity contribution is 5.92. The van der Waals surface area contributed by atoms with Crippen LogP contribution in [0.4, 0.5) is 22.7 Å². The van der Waals surface area contributed by atoms with Crippen molar-refractivity contribution < 1.29 is 19.1 Å². The third kappa shape index (κ3) is 8.83. The Bertz CT molecular complexity index is 1910. The molecule has 6 rings (SSSR count). The minimum atomic E-state index is -0.497. The third-order valence-corrected chi connectivity index (χ3v) is 6.69. The van der Waals surface area contributed by atoms with Crippen LogP contribution in [0.1, 0.15) is 31.8 Å². The zero-order chi connectivity index (χ0) is 33.0. The van der Waals surface area contributed by atoms with E-state index in [1.165, 1.54) is 0 Å². The normalized spacial score (nSPS) is 11.2. The van der Waals surface area contributed by atoms with Crippen molar-refractivity contribution >= 4 is 47.1 Å². The summed E-state index contributed by atoms with van der Waals surface area (Å²) in [5.41, 5.74) is 5.02. The molecule has 232 valence electrons. The number of nitrogens with zero attached hydrogens (tertiary/aromatic N) is 6. The fraction of sp³-hybridized carbons (Fsp3) is 0. The molecule has 0 aliphatic heterocycles. The van der Waals surface area contributed by atoms with Gasteiger partial charge in [0.05, 0.1) is 46.3 Å². The Labute approximate surface area is 275 Å². The Hall–Kier alpha value is -6.94. The van der Waals surface area contributed by atoms with Gasteiger partial charge in [0.1, 0.15) is 11.5 Å². The van der Waals surface area contributed by atoms with Crippen LogP contribution < -0.4 is 9.47 Å². The molecule has 0 N–H and O–H groups in total. The molecule has 6 aromatic rings. The Morgan fingerprint density at radius 3 is 1.23 bits per heavy atom. The van der Waals surface area contributed by atoms with Gasteiger partial charge < -0.3 is 9.47 Å². The molecule has 0 radical (unpaired) electrons. The molecule has 10 nitrogen and oxygen atoms in total. The van der Waals surface area contributed by atoms with E-state index >= 15 is 0 Å². The standard InChI is InChI=1S/C38H26N6O4/c45-37(47-35-17-5-27(6-18-35)23-41-33-3-1-21-39-25-33)29-9-13-31(14-10-29)43-44-32-15-11-30(12-16-32)38(46)48-36-19-7-28(8-20-36)24-42-34-4-2-22-40-26-34/h1-26H. The van der Waals surface area contributed by atoms with Gasteiger partial charge in [-0.25, -0.2) is 9.59 Å². The number of aliphatic imine (C=N–C) groups is 2. The molecule has 0 spiro atoms. The van der Waals surface area contributed by atoms with Crippen LogP contribution in [0.5, 0.6) is 11.5 Å². The molecule has 0 unspecified atom stereocenters. The predicted octanol–water partition coefficient (Wildman–Crippen LogP) is 8.83.